The summed E-state index contributed by atoms with van der Waals surface area (Å²) < 4.78 is 13.1. The lowest BCUT2D eigenvalue weighted by molar-refractivity contribution is -0.136. The number of carbonyl (C=O) groups excluding carboxylic acids is 1. The van der Waals surface area contributed by atoms with E-state index >= 15 is 0 Å². The van der Waals surface area contributed by atoms with Gasteiger partial charge in [0.1, 0.15) is 5.82 Å². The molecule has 1 aromatic carbocycles. The summed E-state index contributed by atoms with van der Waals surface area (Å²) in [5, 5.41) is 0. The van der Waals surface area contributed by atoms with Crippen LogP contribution in [0.3, 0.4) is 0 Å². The van der Waals surface area contributed by atoms with E-state index in [-0.39, 0.29) is 11.4 Å². The number of carbonyl (C=O) groups is 1. The van der Waals surface area contributed by atoms with Crippen molar-refractivity contribution >= 4 is 5.91 Å². The average Bonchev–Trinajstić information content (AvgIpc) is 2.70. The van der Waals surface area contributed by atoms with E-state index in [1.54, 1.807) is 0 Å². The molecule has 1 amide bonds. The molecule has 3 heteroatoms. The fourth-order valence-corrected chi connectivity index (χ4v) is 3.86. The number of rotatable bonds is 3. The van der Waals surface area contributed by atoms with Crippen molar-refractivity contribution in [2.24, 2.45) is 5.92 Å². The maximum absolute atomic E-state index is 13.1. The van der Waals surface area contributed by atoms with E-state index in [9.17, 15) is 9.18 Å². The number of likely N-dealkylation sites (tertiary alicyclic amines) is 1. The second kappa shape index (κ2) is 5.43. The van der Waals surface area contributed by atoms with Gasteiger partial charge in [0.05, 0.1) is 0 Å². The van der Waals surface area contributed by atoms with E-state index < -0.39 is 0 Å². The van der Waals surface area contributed by atoms with Gasteiger partial charge in [-0.05, 0) is 56.7 Å². The molecule has 1 saturated carbocycles. The molecular weight excluding hydrogens is 265 g/mol. The first-order valence-electron chi connectivity index (χ1n) is 8.04. The molecule has 2 nitrogen and oxygen atoms in total. The summed E-state index contributed by atoms with van der Waals surface area (Å²) in [6, 6.07) is 6.76. The smallest absolute Gasteiger partial charge is 0.223 e. The lowest BCUT2D eigenvalue weighted by atomic mass is 9.81. The summed E-state index contributed by atoms with van der Waals surface area (Å²) in [4.78, 5) is 14.6. The van der Waals surface area contributed by atoms with Gasteiger partial charge in [-0.2, -0.15) is 0 Å². The van der Waals surface area contributed by atoms with Crippen LogP contribution in [-0.4, -0.2) is 22.9 Å². The molecule has 0 radical (unpaired) electrons. The lowest BCUT2D eigenvalue weighted by Crippen LogP contribution is -2.46. The molecule has 1 aliphatic carbocycles. The second-order valence-corrected chi connectivity index (χ2v) is 7.09. The molecule has 1 unspecified atom stereocenters. The first-order valence-corrected chi connectivity index (χ1v) is 8.04. The summed E-state index contributed by atoms with van der Waals surface area (Å²) in [6.07, 6.45) is 5.37. The van der Waals surface area contributed by atoms with Gasteiger partial charge in [0.25, 0.3) is 0 Å². The Morgan fingerprint density at radius 1 is 1.24 bits per heavy atom. The summed E-state index contributed by atoms with van der Waals surface area (Å²) in [5.41, 5.74) is 0.957. The van der Waals surface area contributed by atoms with Crippen LogP contribution < -0.4 is 0 Å². The number of benzene rings is 1. The van der Waals surface area contributed by atoms with Crippen molar-refractivity contribution in [2.45, 2.75) is 57.4 Å². The largest absolute Gasteiger partial charge is 0.337 e. The summed E-state index contributed by atoms with van der Waals surface area (Å²) in [6.45, 7) is 5.11. The molecule has 3 rings (SSSR count). The van der Waals surface area contributed by atoms with Crippen LogP contribution in [-0.2, 0) is 4.79 Å². The fraction of sp³-hybridized carbons (Fsp3) is 0.611. The fourth-order valence-electron chi connectivity index (χ4n) is 3.86. The number of amides is 1. The van der Waals surface area contributed by atoms with Crippen molar-refractivity contribution in [3.05, 3.63) is 35.6 Å². The molecule has 0 spiro atoms. The SMILES string of the molecule is CC1(C)C(c2ccc(F)cc2)CCN1C(=O)CC1CCC1. The third-order valence-electron chi connectivity index (χ3n) is 5.45. The third-order valence-corrected chi connectivity index (χ3v) is 5.45. The zero-order valence-electron chi connectivity index (χ0n) is 12.9. The predicted molar refractivity (Wildman–Crippen MR) is 81.5 cm³/mol. The van der Waals surface area contributed by atoms with Gasteiger partial charge in [-0.3, -0.25) is 4.79 Å². The highest BCUT2D eigenvalue weighted by Gasteiger charge is 2.44. The standard InChI is InChI=1S/C18H24FNO/c1-18(2)16(14-6-8-15(19)9-7-14)10-11-20(18)17(21)12-13-4-3-5-13/h6-9,13,16H,3-5,10-12H2,1-2H3. The molecule has 1 aliphatic heterocycles. The summed E-state index contributed by atoms with van der Waals surface area (Å²) >= 11 is 0. The van der Waals surface area contributed by atoms with Gasteiger partial charge < -0.3 is 4.90 Å². The number of halogens is 1. The van der Waals surface area contributed by atoms with Gasteiger partial charge in [-0.25, -0.2) is 4.39 Å². The Balaban J connectivity index is 1.73. The predicted octanol–water partition coefficient (Wildman–Crippen LogP) is 4.11. The molecule has 1 atom stereocenters. The summed E-state index contributed by atoms with van der Waals surface area (Å²) in [5.74, 6) is 1.00. The minimum absolute atomic E-state index is 0.182. The van der Waals surface area contributed by atoms with Crippen molar-refractivity contribution in [3.63, 3.8) is 0 Å². The maximum atomic E-state index is 13.1. The zero-order valence-corrected chi connectivity index (χ0v) is 12.9. The Bertz CT molecular complexity index is 519. The van der Waals surface area contributed by atoms with Crippen LogP contribution in [0.5, 0.6) is 0 Å². The van der Waals surface area contributed by atoms with Crippen LogP contribution in [0.1, 0.15) is 57.4 Å². The van der Waals surface area contributed by atoms with Gasteiger partial charge in [-0.15, -0.1) is 0 Å². The van der Waals surface area contributed by atoms with E-state index in [0.29, 0.717) is 24.2 Å². The van der Waals surface area contributed by atoms with Gasteiger partial charge in [0, 0.05) is 24.4 Å². The van der Waals surface area contributed by atoms with Crippen LogP contribution in [0.25, 0.3) is 0 Å². The van der Waals surface area contributed by atoms with Crippen LogP contribution in [0.4, 0.5) is 4.39 Å². The Hall–Kier alpha value is -1.38. The second-order valence-electron chi connectivity index (χ2n) is 7.09. The number of nitrogens with zero attached hydrogens (tertiary/aromatic N) is 1. The van der Waals surface area contributed by atoms with Crippen LogP contribution >= 0.6 is 0 Å². The highest BCUT2D eigenvalue weighted by molar-refractivity contribution is 5.78. The molecule has 0 bridgehead atoms. The molecule has 114 valence electrons. The lowest BCUT2D eigenvalue weighted by Gasteiger charge is -2.38. The van der Waals surface area contributed by atoms with E-state index in [1.165, 1.54) is 31.4 Å². The van der Waals surface area contributed by atoms with E-state index in [2.05, 4.69) is 18.7 Å². The highest BCUT2D eigenvalue weighted by Crippen LogP contribution is 2.43. The Morgan fingerprint density at radius 3 is 2.48 bits per heavy atom. The van der Waals surface area contributed by atoms with Gasteiger partial charge in [0.15, 0.2) is 0 Å². The minimum Gasteiger partial charge on any atom is -0.337 e. The molecule has 0 aromatic heterocycles. The van der Waals surface area contributed by atoms with Gasteiger partial charge >= 0.3 is 0 Å². The molecule has 21 heavy (non-hydrogen) atoms. The maximum Gasteiger partial charge on any atom is 0.223 e. The van der Waals surface area contributed by atoms with Crippen LogP contribution in [0.2, 0.25) is 0 Å². The van der Waals surface area contributed by atoms with Crippen molar-refractivity contribution in [2.75, 3.05) is 6.54 Å². The monoisotopic (exact) mass is 289 g/mol. The quantitative estimate of drug-likeness (QED) is 0.820. The van der Waals surface area contributed by atoms with Crippen molar-refractivity contribution in [3.8, 4) is 0 Å². The molecule has 2 fully saturated rings. The molecule has 1 saturated heterocycles. The van der Waals surface area contributed by atoms with E-state index in [0.717, 1.165) is 18.5 Å². The van der Waals surface area contributed by atoms with E-state index in [1.807, 2.05) is 12.1 Å². The zero-order chi connectivity index (χ0) is 15.0. The van der Waals surface area contributed by atoms with Crippen molar-refractivity contribution in [1.29, 1.82) is 0 Å². The van der Waals surface area contributed by atoms with Crippen molar-refractivity contribution in [1.82, 2.24) is 4.90 Å². The molecule has 0 N–H and O–H groups in total. The van der Waals surface area contributed by atoms with E-state index in [4.69, 9.17) is 0 Å². The van der Waals surface area contributed by atoms with Crippen LogP contribution in [0.15, 0.2) is 24.3 Å². The van der Waals surface area contributed by atoms with Gasteiger partial charge in [0.2, 0.25) is 5.91 Å². The molecular formula is C18H24FNO. The van der Waals surface area contributed by atoms with Gasteiger partial charge in [-0.1, -0.05) is 18.6 Å². The average molecular weight is 289 g/mol. The normalized spacial score (nSPS) is 24.9. The topological polar surface area (TPSA) is 20.3 Å². The Morgan fingerprint density at radius 2 is 1.90 bits per heavy atom. The third kappa shape index (κ3) is 2.70. The van der Waals surface area contributed by atoms with Crippen LogP contribution in [0, 0.1) is 11.7 Å². The number of hydrogen-bond donors (Lipinski definition) is 0. The summed E-state index contributed by atoms with van der Waals surface area (Å²) in [7, 11) is 0. The Kier molecular flexibility index (Phi) is 3.76. The first kappa shape index (κ1) is 14.6. The molecule has 1 heterocycles. The Labute approximate surface area is 126 Å². The minimum atomic E-state index is -0.201. The first-order chi connectivity index (χ1) is 9.98. The molecule has 1 aromatic rings. The highest BCUT2D eigenvalue weighted by atomic mass is 19.1. The molecule has 2 aliphatic rings. The number of hydrogen-bond acceptors (Lipinski definition) is 1. The van der Waals surface area contributed by atoms with Crippen molar-refractivity contribution < 1.29 is 9.18 Å².